The van der Waals surface area contributed by atoms with Gasteiger partial charge in [0.05, 0.1) is 17.6 Å². The van der Waals surface area contributed by atoms with Crippen molar-refractivity contribution in [3.63, 3.8) is 0 Å². The van der Waals surface area contributed by atoms with Crippen molar-refractivity contribution in [3.8, 4) is 0 Å². The van der Waals surface area contributed by atoms with Gasteiger partial charge in [-0.05, 0) is 30.5 Å². The van der Waals surface area contributed by atoms with E-state index in [4.69, 9.17) is 11.6 Å². The molecule has 0 saturated heterocycles. The molecule has 0 atom stereocenters. The van der Waals surface area contributed by atoms with Gasteiger partial charge < -0.3 is 4.90 Å². The summed E-state index contributed by atoms with van der Waals surface area (Å²) in [5, 5.41) is 0.992. The second kappa shape index (κ2) is 6.31. The molecule has 0 fully saturated rings. The predicted molar refractivity (Wildman–Crippen MR) is 93.6 cm³/mol. The zero-order valence-electron chi connectivity index (χ0n) is 13.6. The molecule has 10 heteroatoms. The first-order chi connectivity index (χ1) is 12.4. The lowest BCUT2D eigenvalue weighted by atomic mass is 10.0. The first kappa shape index (κ1) is 17.4. The molecule has 0 N–H and O–H groups in total. The average molecular weight is 400 g/mol. The van der Waals surface area contributed by atoms with E-state index >= 15 is 0 Å². The number of fused-ring (bicyclic) bond motifs is 2. The maximum atomic E-state index is 13.2. The summed E-state index contributed by atoms with van der Waals surface area (Å²) in [6.45, 7) is 2.65. The molecular weight excluding hydrogens is 387 g/mol. The first-order valence-corrected chi connectivity index (χ1v) is 9.17. The Balaban J connectivity index is 1.76. The topological polar surface area (TPSA) is 54.8 Å². The molecule has 26 heavy (non-hydrogen) atoms. The van der Waals surface area contributed by atoms with Crippen LogP contribution < -0.4 is 4.90 Å². The minimum atomic E-state index is -4.48. The fourth-order valence-corrected chi connectivity index (χ4v) is 4.30. The van der Waals surface area contributed by atoms with Gasteiger partial charge in [0, 0.05) is 17.0 Å². The Morgan fingerprint density at radius 2 is 2.08 bits per heavy atom. The average Bonchev–Trinajstić information content (AvgIpc) is 3.02. The second-order valence-corrected chi connectivity index (χ2v) is 7.37. The zero-order valence-corrected chi connectivity index (χ0v) is 15.2. The number of alkyl halides is 3. The van der Waals surface area contributed by atoms with E-state index in [1.54, 1.807) is 11.3 Å². The summed E-state index contributed by atoms with van der Waals surface area (Å²) in [6, 6.07) is 2.02. The minimum absolute atomic E-state index is 0.126. The lowest BCUT2D eigenvalue weighted by Crippen LogP contribution is -2.34. The maximum absolute atomic E-state index is 13.2. The van der Waals surface area contributed by atoms with Crippen LogP contribution in [0.1, 0.15) is 28.8 Å². The van der Waals surface area contributed by atoms with Gasteiger partial charge in [0.15, 0.2) is 5.69 Å². The van der Waals surface area contributed by atoms with Gasteiger partial charge in [-0.15, -0.1) is 11.3 Å². The van der Waals surface area contributed by atoms with Crippen molar-refractivity contribution in [1.82, 2.24) is 19.9 Å². The normalized spacial score (nSPS) is 14.7. The van der Waals surface area contributed by atoms with E-state index in [2.05, 4.69) is 19.9 Å². The van der Waals surface area contributed by atoms with Crippen LogP contribution in [0.15, 0.2) is 12.4 Å². The van der Waals surface area contributed by atoms with E-state index in [0.717, 1.165) is 27.8 Å². The van der Waals surface area contributed by atoms with Crippen molar-refractivity contribution in [3.05, 3.63) is 39.5 Å². The molecule has 3 aromatic heterocycles. The van der Waals surface area contributed by atoms with Crippen molar-refractivity contribution >= 4 is 39.0 Å². The van der Waals surface area contributed by atoms with Crippen LogP contribution in [0.5, 0.6) is 0 Å². The molecule has 0 radical (unpaired) electrons. The quantitative estimate of drug-likeness (QED) is 0.602. The predicted octanol–water partition coefficient (Wildman–Crippen LogP) is 4.28. The number of halogens is 4. The molecule has 0 amide bonds. The summed E-state index contributed by atoms with van der Waals surface area (Å²) >= 11 is 7.61. The highest BCUT2D eigenvalue weighted by Gasteiger charge is 2.38. The summed E-state index contributed by atoms with van der Waals surface area (Å²) in [7, 11) is 0. The Hall–Kier alpha value is -2.00. The van der Waals surface area contributed by atoms with Gasteiger partial charge in [0.1, 0.15) is 17.0 Å². The summed E-state index contributed by atoms with van der Waals surface area (Å²) < 4.78 is 39.5. The number of anilines is 1. The number of hydrogen-bond donors (Lipinski definition) is 0. The van der Waals surface area contributed by atoms with Gasteiger partial charge in [-0.25, -0.2) is 15.0 Å². The van der Waals surface area contributed by atoms with Crippen molar-refractivity contribution < 1.29 is 13.2 Å². The smallest absolute Gasteiger partial charge is 0.350 e. The largest absolute Gasteiger partial charge is 0.433 e. The molecule has 0 aliphatic carbocycles. The summed E-state index contributed by atoms with van der Waals surface area (Å²) in [5.41, 5.74) is -0.323. The third-order valence-electron chi connectivity index (χ3n) is 4.32. The molecular formula is C16H13ClF3N5S. The van der Waals surface area contributed by atoms with Gasteiger partial charge in [-0.1, -0.05) is 6.92 Å². The van der Waals surface area contributed by atoms with Crippen LogP contribution in [0, 0.1) is 0 Å². The number of thiophene rings is 1. The molecule has 3 aromatic rings. The highest BCUT2D eigenvalue weighted by atomic mass is 35.5. The standard InChI is InChI=1S/C16H13ClF3N5S/c1-2-8-5-10-13(23-15(17)24-14(10)26-8)25-4-3-9-11(6-25)21-7-22-12(9)16(18,19)20/h5,7H,2-4,6H2,1H3. The third-order valence-corrected chi connectivity index (χ3v) is 5.66. The Labute approximate surface area is 155 Å². The molecule has 136 valence electrons. The van der Waals surface area contributed by atoms with Crippen LogP contribution in [0.3, 0.4) is 0 Å². The maximum Gasteiger partial charge on any atom is 0.433 e. The molecule has 1 aliphatic rings. The summed E-state index contributed by atoms with van der Waals surface area (Å²) in [6.07, 6.45) is -2.46. The Morgan fingerprint density at radius 3 is 2.81 bits per heavy atom. The monoisotopic (exact) mass is 399 g/mol. The number of aromatic nitrogens is 4. The Bertz CT molecular complexity index is 988. The number of hydrogen-bond acceptors (Lipinski definition) is 6. The molecule has 0 aromatic carbocycles. The fraction of sp³-hybridized carbons (Fsp3) is 0.375. The summed E-state index contributed by atoms with van der Waals surface area (Å²) in [4.78, 5) is 19.9. The lowest BCUT2D eigenvalue weighted by Gasteiger charge is -2.30. The van der Waals surface area contributed by atoms with Gasteiger partial charge in [-0.2, -0.15) is 18.2 Å². The van der Waals surface area contributed by atoms with Crippen molar-refractivity contribution in [2.24, 2.45) is 0 Å². The molecule has 0 saturated carbocycles. The Kier molecular flexibility index (Phi) is 4.23. The van der Waals surface area contributed by atoms with Crippen molar-refractivity contribution in [2.75, 3.05) is 11.4 Å². The van der Waals surface area contributed by atoms with Gasteiger partial charge in [0.2, 0.25) is 5.28 Å². The molecule has 0 bridgehead atoms. The SMILES string of the molecule is CCc1cc2c(N3CCc4c(ncnc4C(F)(F)F)C3)nc(Cl)nc2s1. The molecule has 4 heterocycles. The molecule has 4 rings (SSSR count). The molecule has 1 aliphatic heterocycles. The van der Waals surface area contributed by atoms with Crippen molar-refractivity contribution in [1.29, 1.82) is 0 Å². The lowest BCUT2D eigenvalue weighted by molar-refractivity contribution is -0.142. The van der Waals surface area contributed by atoms with Gasteiger partial charge >= 0.3 is 6.18 Å². The van der Waals surface area contributed by atoms with E-state index in [1.807, 2.05) is 17.9 Å². The van der Waals surface area contributed by atoms with Crippen LogP contribution in [0.25, 0.3) is 10.2 Å². The third kappa shape index (κ3) is 2.99. The highest BCUT2D eigenvalue weighted by Crippen LogP contribution is 2.37. The van der Waals surface area contributed by atoms with Crippen LogP contribution in [0.4, 0.5) is 19.0 Å². The molecule has 0 spiro atoms. The van der Waals surface area contributed by atoms with E-state index in [-0.39, 0.29) is 23.8 Å². The first-order valence-electron chi connectivity index (χ1n) is 7.97. The van der Waals surface area contributed by atoms with E-state index in [0.29, 0.717) is 18.1 Å². The molecule has 5 nitrogen and oxygen atoms in total. The van der Waals surface area contributed by atoms with E-state index in [9.17, 15) is 13.2 Å². The Morgan fingerprint density at radius 1 is 1.27 bits per heavy atom. The highest BCUT2D eigenvalue weighted by molar-refractivity contribution is 7.18. The van der Waals surface area contributed by atoms with Gasteiger partial charge in [-0.3, -0.25) is 0 Å². The van der Waals surface area contributed by atoms with Crippen LogP contribution in [0.2, 0.25) is 5.28 Å². The van der Waals surface area contributed by atoms with E-state index in [1.165, 1.54) is 0 Å². The number of aryl methyl sites for hydroxylation is 1. The van der Waals surface area contributed by atoms with Crippen LogP contribution in [-0.4, -0.2) is 26.5 Å². The number of nitrogens with zero attached hydrogens (tertiary/aromatic N) is 5. The number of rotatable bonds is 2. The van der Waals surface area contributed by atoms with Crippen LogP contribution >= 0.6 is 22.9 Å². The van der Waals surface area contributed by atoms with Crippen LogP contribution in [-0.2, 0) is 25.6 Å². The van der Waals surface area contributed by atoms with Crippen molar-refractivity contribution in [2.45, 2.75) is 32.5 Å². The second-order valence-electron chi connectivity index (χ2n) is 5.92. The molecule has 0 unspecified atom stereocenters. The zero-order chi connectivity index (χ0) is 18.5. The van der Waals surface area contributed by atoms with E-state index < -0.39 is 11.9 Å². The summed E-state index contributed by atoms with van der Waals surface area (Å²) in [5.74, 6) is 0.633. The minimum Gasteiger partial charge on any atom is -0.350 e. The fourth-order valence-electron chi connectivity index (χ4n) is 3.13. The van der Waals surface area contributed by atoms with Gasteiger partial charge in [0.25, 0.3) is 0 Å².